The van der Waals surface area contributed by atoms with Gasteiger partial charge in [-0.3, -0.25) is 4.79 Å². The van der Waals surface area contributed by atoms with Crippen molar-refractivity contribution in [2.45, 2.75) is 25.2 Å². The number of carbonyl (C=O) groups is 2. The van der Waals surface area contributed by atoms with Crippen LogP contribution in [0, 0.1) is 0 Å². The first kappa shape index (κ1) is 21.6. The number of nitrogens with zero attached hydrogens (tertiary/aromatic N) is 1. The molecule has 2 aromatic carbocycles. The maximum absolute atomic E-state index is 12.9. The Morgan fingerprint density at radius 3 is 2.67 bits per heavy atom. The van der Waals surface area contributed by atoms with Crippen molar-refractivity contribution in [3.8, 4) is 0 Å². The van der Waals surface area contributed by atoms with Gasteiger partial charge in [0, 0.05) is 10.9 Å². The highest BCUT2D eigenvalue weighted by Gasteiger charge is 2.31. The molecule has 158 valence electrons. The minimum atomic E-state index is -4.54. The van der Waals surface area contributed by atoms with Crippen LogP contribution in [0.1, 0.15) is 17.0 Å². The molecule has 3 aromatic rings. The molecule has 2 amide bonds. The van der Waals surface area contributed by atoms with Crippen LogP contribution < -0.4 is 10.6 Å². The van der Waals surface area contributed by atoms with E-state index in [1.54, 1.807) is 6.07 Å². The van der Waals surface area contributed by atoms with Crippen molar-refractivity contribution in [1.29, 1.82) is 0 Å². The van der Waals surface area contributed by atoms with Crippen LogP contribution in [0.15, 0.2) is 46.9 Å². The molecule has 4 N–H and O–H groups in total. The van der Waals surface area contributed by atoms with Gasteiger partial charge in [-0.05, 0) is 29.8 Å². The summed E-state index contributed by atoms with van der Waals surface area (Å²) >= 11 is 3.34. The quantitative estimate of drug-likeness (QED) is 0.426. The molecule has 3 rings (SSSR count). The normalized spacial score (nSPS) is 12.5. The highest BCUT2D eigenvalue weighted by Crippen LogP contribution is 2.29. The largest absolute Gasteiger partial charge is 0.465 e. The molecular formula is C19H16BrF3N4O3. The lowest BCUT2D eigenvalue weighted by Crippen LogP contribution is -2.47. The van der Waals surface area contributed by atoms with Crippen LogP contribution in [0.5, 0.6) is 0 Å². The molecule has 0 saturated carbocycles. The van der Waals surface area contributed by atoms with Gasteiger partial charge in [0.2, 0.25) is 5.91 Å². The van der Waals surface area contributed by atoms with E-state index in [0.717, 1.165) is 22.1 Å². The van der Waals surface area contributed by atoms with E-state index in [1.807, 2.05) is 17.4 Å². The van der Waals surface area contributed by atoms with Crippen molar-refractivity contribution in [2.24, 2.45) is 0 Å². The molecule has 1 heterocycles. The second kappa shape index (κ2) is 8.74. The SMILES string of the molecule is O=C(O)N[C@H](Cc1cccc(C(F)(F)F)c1)C(=O)NCc1nc2ccc(Br)cc2[nH]1. The molecule has 1 aromatic heterocycles. The Balaban J connectivity index is 1.71. The second-order valence-corrected chi connectivity index (χ2v) is 7.38. The van der Waals surface area contributed by atoms with E-state index in [-0.39, 0.29) is 18.5 Å². The number of carbonyl (C=O) groups excluding carboxylic acids is 1. The van der Waals surface area contributed by atoms with Gasteiger partial charge in [-0.2, -0.15) is 13.2 Å². The molecule has 30 heavy (non-hydrogen) atoms. The molecule has 7 nitrogen and oxygen atoms in total. The number of amides is 2. The van der Waals surface area contributed by atoms with Gasteiger partial charge < -0.3 is 20.7 Å². The number of H-pyrrole nitrogens is 1. The van der Waals surface area contributed by atoms with E-state index < -0.39 is 29.8 Å². The summed E-state index contributed by atoms with van der Waals surface area (Å²) < 4.78 is 39.5. The van der Waals surface area contributed by atoms with Crippen molar-refractivity contribution in [2.75, 3.05) is 0 Å². The molecule has 0 bridgehead atoms. The third kappa shape index (κ3) is 5.50. The first-order chi connectivity index (χ1) is 14.1. The zero-order chi connectivity index (χ0) is 21.9. The van der Waals surface area contributed by atoms with Crippen LogP contribution in [0.3, 0.4) is 0 Å². The van der Waals surface area contributed by atoms with Crippen molar-refractivity contribution in [3.05, 3.63) is 63.9 Å². The fourth-order valence-electron chi connectivity index (χ4n) is 2.88. The number of halogens is 4. The van der Waals surface area contributed by atoms with Crippen LogP contribution in [0.25, 0.3) is 11.0 Å². The van der Waals surface area contributed by atoms with Crippen molar-refractivity contribution in [1.82, 2.24) is 20.6 Å². The van der Waals surface area contributed by atoms with Gasteiger partial charge in [0.05, 0.1) is 23.1 Å². The number of nitrogens with one attached hydrogen (secondary N) is 3. The summed E-state index contributed by atoms with van der Waals surface area (Å²) in [6.07, 6.45) is -6.24. The molecule has 0 radical (unpaired) electrons. The smallest absolute Gasteiger partial charge is 0.416 e. The molecule has 1 atom stereocenters. The van der Waals surface area contributed by atoms with Gasteiger partial charge in [-0.1, -0.05) is 34.1 Å². The Bertz CT molecular complexity index is 1080. The predicted molar refractivity (Wildman–Crippen MR) is 106 cm³/mol. The summed E-state index contributed by atoms with van der Waals surface area (Å²) in [6, 6.07) is 8.54. The van der Waals surface area contributed by atoms with E-state index in [1.165, 1.54) is 12.1 Å². The number of aromatic nitrogens is 2. The number of rotatable bonds is 6. The maximum Gasteiger partial charge on any atom is 0.416 e. The lowest BCUT2D eigenvalue weighted by Gasteiger charge is -2.17. The van der Waals surface area contributed by atoms with Crippen LogP contribution in [0.2, 0.25) is 0 Å². The minimum Gasteiger partial charge on any atom is -0.465 e. The molecule has 11 heteroatoms. The molecule has 0 fully saturated rings. The summed E-state index contributed by atoms with van der Waals surface area (Å²) in [5.41, 5.74) is 0.736. The summed E-state index contributed by atoms with van der Waals surface area (Å²) in [5, 5.41) is 13.6. The number of alkyl halides is 3. The topological polar surface area (TPSA) is 107 Å². The maximum atomic E-state index is 12.9. The number of benzene rings is 2. The van der Waals surface area contributed by atoms with E-state index in [0.29, 0.717) is 11.3 Å². The van der Waals surface area contributed by atoms with E-state index >= 15 is 0 Å². The molecule has 0 aliphatic carbocycles. The summed E-state index contributed by atoms with van der Waals surface area (Å²) in [5.74, 6) is -0.235. The van der Waals surface area contributed by atoms with Crippen molar-refractivity contribution in [3.63, 3.8) is 0 Å². The number of hydrogen-bond acceptors (Lipinski definition) is 3. The molecular weight excluding hydrogens is 469 g/mol. The fraction of sp³-hybridized carbons (Fsp3) is 0.211. The lowest BCUT2D eigenvalue weighted by atomic mass is 10.0. The number of fused-ring (bicyclic) bond motifs is 1. The molecule has 0 aliphatic rings. The Morgan fingerprint density at radius 2 is 1.97 bits per heavy atom. The van der Waals surface area contributed by atoms with E-state index in [4.69, 9.17) is 5.11 Å². The average molecular weight is 485 g/mol. The standard InChI is InChI=1S/C19H16BrF3N4O3/c20-12-4-5-13-14(8-12)26-16(25-13)9-24-17(28)15(27-18(29)30)7-10-2-1-3-11(6-10)19(21,22)23/h1-6,8,15,27H,7,9H2,(H,24,28)(H,25,26)(H,29,30)/t15-/m1/s1. The zero-order valence-electron chi connectivity index (χ0n) is 15.3. The number of imidazole rings is 1. The molecule has 0 aliphatic heterocycles. The summed E-state index contributed by atoms with van der Waals surface area (Å²) in [6.45, 7) is -0.00841. The van der Waals surface area contributed by atoms with Crippen molar-refractivity contribution < 1.29 is 27.9 Å². The zero-order valence-corrected chi connectivity index (χ0v) is 16.8. The minimum absolute atomic E-state index is 0.00841. The van der Waals surface area contributed by atoms with Gasteiger partial charge in [-0.15, -0.1) is 0 Å². The molecule has 0 unspecified atom stereocenters. The van der Waals surface area contributed by atoms with Crippen LogP contribution in [0.4, 0.5) is 18.0 Å². The Kier molecular flexibility index (Phi) is 6.30. The van der Waals surface area contributed by atoms with Crippen LogP contribution in [-0.4, -0.2) is 33.1 Å². The predicted octanol–water partition coefficient (Wildman–Crippen LogP) is 3.84. The highest BCUT2D eigenvalue weighted by molar-refractivity contribution is 9.10. The lowest BCUT2D eigenvalue weighted by molar-refractivity contribution is -0.137. The van der Waals surface area contributed by atoms with E-state index in [2.05, 4.69) is 31.2 Å². The number of carboxylic acid groups (broad SMARTS) is 1. The van der Waals surface area contributed by atoms with E-state index in [9.17, 15) is 22.8 Å². The number of hydrogen-bond donors (Lipinski definition) is 4. The fourth-order valence-corrected chi connectivity index (χ4v) is 3.24. The van der Waals surface area contributed by atoms with Crippen LogP contribution >= 0.6 is 15.9 Å². The molecule has 0 spiro atoms. The third-order valence-corrected chi connectivity index (χ3v) is 4.72. The monoisotopic (exact) mass is 484 g/mol. The average Bonchev–Trinajstić information content (AvgIpc) is 3.06. The summed E-state index contributed by atoms with van der Waals surface area (Å²) in [4.78, 5) is 30.9. The Morgan fingerprint density at radius 1 is 1.20 bits per heavy atom. The third-order valence-electron chi connectivity index (χ3n) is 4.23. The summed E-state index contributed by atoms with van der Waals surface area (Å²) in [7, 11) is 0. The van der Waals surface area contributed by atoms with Gasteiger partial charge in [0.1, 0.15) is 11.9 Å². The van der Waals surface area contributed by atoms with Crippen LogP contribution in [-0.2, 0) is 23.9 Å². The Hall–Kier alpha value is -3.08. The van der Waals surface area contributed by atoms with Gasteiger partial charge >= 0.3 is 12.3 Å². The first-order valence-electron chi connectivity index (χ1n) is 8.69. The first-order valence-corrected chi connectivity index (χ1v) is 9.48. The molecule has 0 saturated heterocycles. The van der Waals surface area contributed by atoms with Gasteiger partial charge in [-0.25, -0.2) is 9.78 Å². The van der Waals surface area contributed by atoms with Gasteiger partial charge in [0.25, 0.3) is 0 Å². The van der Waals surface area contributed by atoms with Gasteiger partial charge in [0.15, 0.2) is 0 Å². The second-order valence-electron chi connectivity index (χ2n) is 6.47. The Labute approximate surface area is 176 Å². The highest BCUT2D eigenvalue weighted by atomic mass is 79.9. The van der Waals surface area contributed by atoms with Crippen molar-refractivity contribution >= 4 is 39.0 Å². The number of aromatic amines is 1.